The van der Waals surface area contributed by atoms with Crippen LogP contribution in [0, 0.1) is 5.82 Å². The number of hydrogen-bond acceptors (Lipinski definition) is 3. The van der Waals surface area contributed by atoms with Crippen LogP contribution in [-0.2, 0) is 0 Å². The molecule has 0 amide bonds. The van der Waals surface area contributed by atoms with Crippen LogP contribution in [0.15, 0.2) is 18.2 Å². The first-order valence-corrected chi connectivity index (χ1v) is 6.31. The van der Waals surface area contributed by atoms with Gasteiger partial charge in [-0.2, -0.15) is 0 Å². The van der Waals surface area contributed by atoms with Crippen molar-refractivity contribution in [2.45, 2.75) is 32.2 Å². The van der Waals surface area contributed by atoms with Gasteiger partial charge in [-0.3, -0.25) is 4.79 Å². The number of Topliss-reactive ketones (excluding diaryl/α,β-unsaturated/α-hetero) is 1. The van der Waals surface area contributed by atoms with Gasteiger partial charge in [-0.25, -0.2) is 4.39 Å². The second-order valence-electron chi connectivity index (χ2n) is 4.72. The summed E-state index contributed by atoms with van der Waals surface area (Å²) in [5.74, 6) is -0.548. The Morgan fingerprint density at radius 3 is 2.72 bits per heavy atom. The summed E-state index contributed by atoms with van der Waals surface area (Å²) in [7, 11) is 0. The smallest absolute Gasteiger partial charge is 0.161 e. The van der Waals surface area contributed by atoms with Crippen LogP contribution in [0.1, 0.15) is 36.5 Å². The summed E-state index contributed by atoms with van der Waals surface area (Å²) in [6.07, 6.45) is 3.30. The van der Waals surface area contributed by atoms with E-state index in [1.807, 2.05) is 4.90 Å². The van der Waals surface area contributed by atoms with Crippen LogP contribution in [0.2, 0.25) is 0 Å². The molecule has 1 aliphatic rings. The molecular weight excluding hydrogens is 233 g/mol. The van der Waals surface area contributed by atoms with E-state index in [2.05, 4.69) is 0 Å². The number of carbonyl (C=O) groups is 1. The van der Waals surface area contributed by atoms with Gasteiger partial charge in [0.1, 0.15) is 5.82 Å². The van der Waals surface area contributed by atoms with Crippen molar-refractivity contribution in [3.63, 3.8) is 0 Å². The summed E-state index contributed by atoms with van der Waals surface area (Å²) in [6.45, 7) is 1.96. The molecule has 1 aromatic carbocycles. The number of aliphatic hydroxyl groups is 1. The Balaban J connectivity index is 2.36. The number of rotatable bonds is 5. The van der Waals surface area contributed by atoms with Gasteiger partial charge < -0.3 is 10.0 Å². The molecule has 1 saturated carbocycles. The van der Waals surface area contributed by atoms with Crippen LogP contribution >= 0.6 is 0 Å². The molecule has 0 aliphatic heterocycles. The molecule has 1 fully saturated rings. The van der Waals surface area contributed by atoms with Crippen molar-refractivity contribution in [2.75, 3.05) is 18.1 Å². The fraction of sp³-hybridized carbons (Fsp3) is 0.500. The first-order chi connectivity index (χ1) is 8.63. The molecule has 0 saturated heterocycles. The maximum absolute atomic E-state index is 13.2. The molecule has 98 valence electrons. The quantitative estimate of drug-likeness (QED) is 0.817. The number of carbonyl (C=O) groups excluding carboxylic acids is 1. The van der Waals surface area contributed by atoms with Gasteiger partial charge in [0.25, 0.3) is 0 Å². The Morgan fingerprint density at radius 2 is 2.22 bits per heavy atom. The zero-order chi connectivity index (χ0) is 13.1. The van der Waals surface area contributed by atoms with E-state index >= 15 is 0 Å². The van der Waals surface area contributed by atoms with Crippen molar-refractivity contribution in [3.05, 3.63) is 29.6 Å². The molecule has 0 spiro atoms. The largest absolute Gasteiger partial charge is 0.395 e. The fourth-order valence-corrected chi connectivity index (χ4v) is 2.35. The molecule has 0 radical (unpaired) electrons. The van der Waals surface area contributed by atoms with Crippen LogP contribution in [-0.4, -0.2) is 30.1 Å². The lowest BCUT2D eigenvalue weighted by molar-refractivity contribution is 0.101. The molecule has 18 heavy (non-hydrogen) atoms. The van der Waals surface area contributed by atoms with E-state index in [1.165, 1.54) is 25.5 Å². The summed E-state index contributed by atoms with van der Waals surface area (Å²) in [5, 5.41) is 9.15. The Morgan fingerprint density at radius 1 is 1.50 bits per heavy atom. The summed E-state index contributed by atoms with van der Waals surface area (Å²) < 4.78 is 13.2. The molecule has 4 heteroatoms. The van der Waals surface area contributed by atoms with Gasteiger partial charge in [-0.1, -0.05) is 0 Å². The van der Waals surface area contributed by atoms with Crippen molar-refractivity contribution in [1.29, 1.82) is 0 Å². The lowest BCUT2D eigenvalue weighted by Crippen LogP contribution is -2.42. The normalized spacial score (nSPS) is 15.3. The number of benzene rings is 1. The molecule has 0 aromatic heterocycles. The van der Waals surface area contributed by atoms with Crippen LogP contribution in [0.3, 0.4) is 0 Å². The Kier molecular flexibility index (Phi) is 3.97. The van der Waals surface area contributed by atoms with Crippen LogP contribution < -0.4 is 4.90 Å². The molecule has 2 rings (SSSR count). The number of aliphatic hydroxyl groups excluding tert-OH is 1. The lowest BCUT2D eigenvalue weighted by atomic mass is 9.90. The number of halogens is 1. The van der Waals surface area contributed by atoms with Crippen LogP contribution in [0.5, 0.6) is 0 Å². The molecule has 1 aromatic rings. The standard InChI is InChI=1S/C14H18FNO2/c1-10(18)13-9-11(15)5-6-14(13)16(7-8-17)12-3-2-4-12/h5-6,9,12,17H,2-4,7-8H2,1H3. The summed E-state index contributed by atoms with van der Waals surface area (Å²) in [6, 6.07) is 4.65. The molecule has 3 nitrogen and oxygen atoms in total. The molecule has 1 N–H and O–H groups in total. The average molecular weight is 251 g/mol. The van der Waals surface area contributed by atoms with E-state index in [1.54, 1.807) is 6.07 Å². The number of nitrogens with zero attached hydrogens (tertiary/aromatic N) is 1. The molecule has 0 unspecified atom stereocenters. The first-order valence-electron chi connectivity index (χ1n) is 6.31. The zero-order valence-corrected chi connectivity index (χ0v) is 10.5. The van der Waals surface area contributed by atoms with Crippen molar-refractivity contribution in [2.24, 2.45) is 0 Å². The van der Waals surface area contributed by atoms with E-state index in [0.29, 0.717) is 18.2 Å². The fourth-order valence-electron chi connectivity index (χ4n) is 2.35. The molecular formula is C14H18FNO2. The minimum absolute atomic E-state index is 0.0330. The minimum Gasteiger partial charge on any atom is -0.395 e. The topological polar surface area (TPSA) is 40.5 Å². The highest BCUT2D eigenvalue weighted by Gasteiger charge is 2.27. The third-order valence-electron chi connectivity index (χ3n) is 3.50. The first kappa shape index (κ1) is 13.0. The highest BCUT2D eigenvalue weighted by atomic mass is 19.1. The van der Waals surface area contributed by atoms with E-state index < -0.39 is 5.82 Å². The van der Waals surface area contributed by atoms with Crippen LogP contribution in [0.25, 0.3) is 0 Å². The Bertz CT molecular complexity index is 443. The SMILES string of the molecule is CC(=O)c1cc(F)ccc1N(CCO)C1CCC1. The maximum atomic E-state index is 13.2. The number of ketones is 1. The molecule has 0 bridgehead atoms. The van der Waals surface area contributed by atoms with Crippen LogP contribution in [0.4, 0.5) is 10.1 Å². The van der Waals surface area contributed by atoms with Crippen molar-refractivity contribution in [3.8, 4) is 0 Å². The predicted octanol–water partition coefficient (Wildman–Crippen LogP) is 2.38. The van der Waals surface area contributed by atoms with Gasteiger partial charge in [0.05, 0.1) is 6.61 Å². The molecule has 1 aliphatic carbocycles. The second-order valence-corrected chi connectivity index (χ2v) is 4.72. The lowest BCUT2D eigenvalue weighted by Gasteiger charge is -2.39. The maximum Gasteiger partial charge on any atom is 0.161 e. The van der Waals surface area contributed by atoms with E-state index in [-0.39, 0.29) is 12.4 Å². The van der Waals surface area contributed by atoms with Crippen molar-refractivity contribution in [1.82, 2.24) is 0 Å². The van der Waals surface area contributed by atoms with Crippen molar-refractivity contribution < 1.29 is 14.3 Å². The second kappa shape index (κ2) is 5.48. The third kappa shape index (κ3) is 2.53. The summed E-state index contributed by atoms with van der Waals surface area (Å²) in [5.41, 5.74) is 1.14. The third-order valence-corrected chi connectivity index (χ3v) is 3.50. The zero-order valence-electron chi connectivity index (χ0n) is 10.5. The number of hydrogen-bond donors (Lipinski definition) is 1. The van der Waals surface area contributed by atoms with Gasteiger partial charge >= 0.3 is 0 Å². The van der Waals surface area contributed by atoms with E-state index in [4.69, 9.17) is 5.11 Å². The highest BCUT2D eigenvalue weighted by Crippen LogP contribution is 2.32. The van der Waals surface area contributed by atoms with Gasteiger partial charge in [0, 0.05) is 23.8 Å². The molecule has 0 heterocycles. The van der Waals surface area contributed by atoms with Gasteiger partial charge in [-0.15, -0.1) is 0 Å². The number of anilines is 1. The van der Waals surface area contributed by atoms with Gasteiger partial charge in [0.15, 0.2) is 5.78 Å². The van der Waals surface area contributed by atoms with E-state index in [0.717, 1.165) is 18.5 Å². The van der Waals surface area contributed by atoms with E-state index in [9.17, 15) is 9.18 Å². The summed E-state index contributed by atoms with van der Waals surface area (Å²) in [4.78, 5) is 13.6. The van der Waals surface area contributed by atoms with Gasteiger partial charge in [-0.05, 0) is 44.4 Å². The predicted molar refractivity (Wildman–Crippen MR) is 68.5 cm³/mol. The average Bonchev–Trinajstić information content (AvgIpc) is 2.26. The highest BCUT2D eigenvalue weighted by molar-refractivity contribution is 5.99. The Hall–Kier alpha value is -1.42. The Labute approximate surface area is 106 Å². The summed E-state index contributed by atoms with van der Waals surface area (Å²) >= 11 is 0. The van der Waals surface area contributed by atoms with Crippen molar-refractivity contribution >= 4 is 11.5 Å². The van der Waals surface area contributed by atoms with Gasteiger partial charge in [0.2, 0.25) is 0 Å². The monoisotopic (exact) mass is 251 g/mol. The minimum atomic E-state index is -0.401. The molecule has 0 atom stereocenters.